The van der Waals surface area contributed by atoms with Crippen molar-refractivity contribution in [1.82, 2.24) is 0 Å². The fraction of sp³-hybridized carbons (Fsp3) is 0.152. The standard InChI is InChI=1S/C33H32N2/c1-3-33(4-2,34-28-24-23-26-15-11-12-16-27(26)25-28)31-21-13-14-22-32(31)35(29-17-7-5-8-18-29)30-19-9-6-10-20-30/h5-25,34H,3-4H2,1-2H3. The topological polar surface area (TPSA) is 15.3 Å². The van der Waals surface area contributed by atoms with E-state index in [9.17, 15) is 0 Å². The van der Waals surface area contributed by atoms with E-state index >= 15 is 0 Å². The Morgan fingerprint density at radius 3 is 1.74 bits per heavy atom. The van der Waals surface area contributed by atoms with Gasteiger partial charge in [0.1, 0.15) is 0 Å². The first-order valence-electron chi connectivity index (χ1n) is 12.5. The summed E-state index contributed by atoms with van der Waals surface area (Å²) in [5.74, 6) is 0. The van der Waals surface area contributed by atoms with Crippen LogP contribution < -0.4 is 10.2 Å². The first-order chi connectivity index (χ1) is 17.2. The minimum absolute atomic E-state index is 0.221. The fourth-order valence-electron chi connectivity index (χ4n) is 5.07. The van der Waals surface area contributed by atoms with Crippen LogP contribution in [0.1, 0.15) is 32.3 Å². The van der Waals surface area contributed by atoms with E-state index in [2.05, 4.69) is 151 Å². The highest BCUT2D eigenvalue weighted by Crippen LogP contribution is 2.44. The Labute approximate surface area is 208 Å². The van der Waals surface area contributed by atoms with Crippen molar-refractivity contribution >= 4 is 33.5 Å². The highest BCUT2D eigenvalue weighted by molar-refractivity contribution is 5.86. The highest BCUT2D eigenvalue weighted by Gasteiger charge is 2.32. The van der Waals surface area contributed by atoms with Crippen molar-refractivity contribution in [2.24, 2.45) is 0 Å². The minimum atomic E-state index is -0.221. The van der Waals surface area contributed by atoms with Crippen molar-refractivity contribution < 1.29 is 0 Å². The number of rotatable bonds is 8. The fourth-order valence-corrected chi connectivity index (χ4v) is 5.07. The number of para-hydroxylation sites is 3. The van der Waals surface area contributed by atoms with E-state index in [1.807, 2.05) is 0 Å². The Kier molecular flexibility index (Phi) is 6.54. The van der Waals surface area contributed by atoms with Crippen LogP contribution in [-0.2, 0) is 5.54 Å². The second kappa shape index (κ2) is 10.1. The first kappa shape index (κ1) is 22.7. The molecule has 0 aliphatic rings. The van der Waals surface area contributed by atoms with Crippen molar-refractivity contribution in [2.45, 2.75) is 32.2 Å². The maximum Gasteiger partial charge on any atom is 0.0640 e. The van der Waals surface area contributed by atoms with E-state index in [1.54, 1.807) is 0 Å². The van der Waals surface area contributed by atoms with Gasteiger partial charge in [-0.05, 0) is 66.1 Å². The first-order valence-corrected chi connectivity index (χ1v) is 12.5. The van der Waals surface area contributed by atoms with Crippen LogP contribution in [0.15, 0.2) is 127 Å². The Morgan fingerprint density at radius 2 is 1.11 bits per heavy atom. The maximum absolute atomic E-state index is 3.97. The number of fused-ring (bicyclic) bond motifs is 1. The molecule has 0 atom stereocenters. The zero-order valence-electron chi connectivity index (χ0n) is 20.5. The molecule has 2 nitrogen and oxygen atoms in total. The molecule has 5 aromatic carbocycles. The maximum atomic E-state index is 3.97. The number of anilines is 4. The van der Waals surface area contributed by atoms with Gasteiger partial charge in [0.05, 0.1) is 11.2 Å². The Balaban J connectivity index is 1.65. The second-order valence-corrected chi connectivity index (χ2v) is 9.00. The molecule has 0 aliphatic heterocycles. The van der Waals surface area contributed by atoms with E-state index in [0.29, 0.717) is 0 Å². The second-order valence-electron chi connectivity index (χ2n) is 9.00. The van der Waals surface area contributed by atoms with Gasteiger partial charge in [-0.1, -0.05) is 98.8 Å². The van der Waals surface area contributed by atoms with Crippen LogP contribution in [0.2, 0.25) is 0 Å². The lowest BCUT2D eigenvalue weighted by atomic mass is 9.82. The smallest absolute Gasteiger partial charge is 0.0640 e. The van der Waals surface area contributed by atoms with E-state index in [0.717, 1.165) is 29.9 Å². The van der Waals surface area contributed by atoms with Crippen LogP contribution in [0.3, 0.4) is 0 Å². The van der Waals surface area contributed by atoms with E-state index in [1.165, 1.54) is 22.0 Å². The molecule has 5 rings (SSSR count). The van der Waals surface area contributed by atoms with Gasteiger partial charge in [-0.2, -0.15) is 0 Å². The largest absolute Gasteiger partial charge is 0.375 e. The summed E-state index contributed by atoms with van der Waals surface area (Å²) in [4.78, 5) is 2.37. The van der Waals surface area contributed by atoms with Gasteiger partial charge in [0.15, 0.2) is 0 Å². The molecule has 1 N–H and O–H groups in total. The molecule has 0 saturated heterocycles. The molecular weight excluding hydrogens is 424 g/mol. The molecule has 0 radical (unpaired) electrons. The summed E-state index contributed by atoms with van der Waals surface area (Å²) >= 11 is 0. The Morgan fingerprint density at radius 1 is 0.571 bits per heavy atom. The van der Waals surface area contributed by atoms with Crippen LogP contribution >= 0.6 is 0 Å². The lowest BCUT2D eigenvalue weighted by Crippen LogP contribution is -2.35. The van der Waals surface area contributed by atoms with E-state index in [-0.39, 0.29) is 5.54 Å². The zero-order valence-corrected chi connectivity index (χ0v) is 20.5. The highest BCUT2D eigenvalue weighted by atomic mass is 15.2. The molecule has 35 heavy (non-hydrogen) atoms. The van der Waals surface area contributed by atoms with Gasteiger partial charge < -0.3 is 10.2 Å². The third kappa shape index (κ3) is 4.52. The molecule has 174 valence electrons. The molecule has 0 heterocycles. The molecular formula is C33H32N2. The third-order valence-corrected chi connectivity index (χ3v) is 7.03. The molecule has 0 fully saturated rings. The molecule has 2 heteroatoms. The van der Waals surface area contributed by atoms with E-state index < -0.39 is 0 Å². The molecule has 5 aromatic rings. The van der Waals surface area contributed by atoms with Gasteiger partial charge >= 0.3 is 0 Å². The summed E-state index contributed by atoms with van der Waals surface area (Å²) in [6.45, 7) is 4.56. The summed E-state index contributed by atoms with van der Waals surface area (Å²) < 4.78 is 0. The van der Waals surface area contributed by atoms with Gasteiger partial charge in [-0.3, -0.25) is 0 Å². The van der Waals surface area contributed by atoms with Gasteiger partial charge in [0, 0.05) is 22.6 Å². The van der Waals surface area contributed by atoms with Crippen LogP contribution in [0.25, 0.3) is 10.8 Å². The predicted octanol–water partition coefficient (Wildman–Crippen LogP) is 9.44. The SMILES string of the molecule is CCC(CC)(Nc1ccc2ccccc2c1)c1ccccc1N(c1ccccc1)c1ccccc1. The predicted molar refractivity (Wildman–Crippen MR) is 151 cm³/mol. The normalized spacial score (nSPS) is 11.4. The quantitative estimate of drug-likeness (QED) is 0.250. The van der Waals surface area contributed by atoms with Crippen molar-refractivity contribution in [3.8, 4) is 0 Å². The number of nitrogens with one attached hydrogen (secondary N) is 1. The van der Waals surface area contributed by atoms with Crippen molar-refractivity contribution in [3.05, 3.63) is 133 Å². The lowest BCUT2D eigenvalue weighted by Gasteiger charge is -2.39. The molecule has 0 unspecified atom stereocenters. The van der Waals surface area contributed by atoms with Crippen molar-refractivity contribution in [3.63, 3.8) is 0 Å². The van der Waals surface area contributed by atoms with Crippen LogP contribution in [-0.4, -0.2) is 0 Å². The summed E-state index contributed by atoms with van der Waals surface area (Å²) in [6.07, 6.45) is 1.93. The summed E-state index contributed by atoms with van der Waals surface area (Å²) in [6, 6.07) is 45.4. The van der Waals surface area contributed by atoms with Gasteiger partial charge in [-0.25, -0.2) is 0 Å². The zero-order chi connectivity index (χ0) is 24.1. The summed E-state index contributed by atoms with van der Waals surface area (Å²) in [5, 5.41) is 6.48. The van der Waals surface area contributed by atoms with Gasteiger partial charge in [0.2, 0.25) is 0 Å². The number of hydrogen-bond acceptors (Lipinski definition) is 2. The molecule has 0 spiro atoms. The third-order valence-electron chi connectivity index (χ3n) is 7.03. The van der Waals surface area contributed by atoms with E-state index in [4.69, 9.17) is 0 Å². The van der Waals surface area contributed by atoms with Crippen molar-refractivity contribution in [2.75, 3.05) is 10.2 Å². The number of hydrogen-bond donors (Lipinski definition) is 1. The van der Waals surface area contributed by atoms with Crippen LogP contribution in [0, 0.1) is 0 Å². The lowest BCUT2D eigenvalue weighted by molar-refractivity contribution is 0.455. The van der Waals surface area contributed by atoms with Gasteiger partial charge in [-0.15, -0.1) is 0 Å². The average molecular weight is 457 g/mol. The van der Waals surface area contributed by atoms with Crippen molar-refractivity contribution in [1.29, 1.82) is 0 Å². The molecule has 0 saturated carbocycles. The van der Waals surface area contributed by atoms with Crippen LogP contribution in [0.4, 0.5) is 22.7 Å². The number of nitrogens with zero attached hydrogens (tertiary/aromatic N) is 1. The Hall–Kier alpha value is -4.04. The monoisotopic (exact) mass is 456 g/mol. The number of benzene rings is 5. The summed E-state index contributed by atoms with van der Waals surface area (Å²) in [7, 11) is 0. The molecule has 0 aliphatic carbocycles. The molecule has 0 bridgehead atoms. The van der Waals surface area contributed by atoms with Crippen LogP contribution in [0.5, 0.6) is 0 Å². The molecule has 0 amide bonds. The molecule has 0 aromatic heterocycles. The minimum Gasteiger partial charge on any atom is -0.375 e. The Bertz CT molecular complexity index is 1350. The average Bonchev–Trinajstić information content (AvgIpc) is 2.93. The summed E-state index contributed by atoms with van der Waals surface area (Å²) in [5.41, 5.74) is 5.72. The van der Waals surface area contributed by atoms with Gasteiger partial charge in [0.25, 0.3) is 0 Å².